The van der Waals surface area contributed by atoms with E-state index in [2.05, 4.69) is 15.4 Å². The van der Waals surface area contributed by atoms with Crippen LogP contribution in [-0.4, -0.2) is 50.1 Å². The van der Waals surface area contributed by atoms with Crippen LogP contribution in [0, 0.1) is 5.82 Å². The van der Waals surface area contributed by atoms with E-state index in [4.69, 9.17) is 30.9 Å². The van der Waals surface area contributed by atoms with Gasteiger partial charge in [0.2, 0.25) is 0 Å². The van der Waals surface area contributed by atoms with Crippen molar-refractivity contribution in [3.63, 3.8) is 0 Å². The number of methoxy groups -OCH3 is 2. The van der Waals surface area contributed by atoms with Crippen LogP contribution in [0.2, 0.25) is 5.02 Å². The first-order chi connectivity index (χ1) is 18.4. The van der Waals surface area contributed by atoms with Gasteiger partial charge in [0.05, 0.1) is 38.2 Å². The fraction of sp³-hybridized carbons (Fsp3) is 0.308. The predicted molar refractivity (Wildman–Crippen MR) is 134 cm³/mol. The highest BCUT2D eigenvalue weighted by Gasteiger charge is 2.34. The number of aromatic nitrogens is 5. The summed E-state index contributed by atoms with van der Waals surface area (Å²) in [5.41, 5.74) is 2.34. The number of hydrogen-bond donors (Lipinski definition) is 1. The van der Waals surface area contributed by atoms with Gasteiger partial charge in [-0.2, -0.15) is 4.80 Å². The number of ether oxygens (including phenoxy) is 3. The van der Waals surface area contributed by atoms with Gasteiger partial charge in [0.25, 0.3) is 0 Å². The molecule has 0 radical (unpaired) electrons. The summed E-state index contributed by atoms with van der Waals surface area (Å²) in [5.74, 6) is -0.353. The molecule has 0 saturated carbocycles. The third kappa shape index (κ3) is 4.94. The summed E-state index contributed by atoms with van der Waals surface area (Å²) in [4.78, 5) is 12.3. The standard InChI is InChI=1S/C26H25ClFN5O5/c1-36-21-8-3-6-16(26(21)37-2)25-17-12-15(27)13-18(28)24(17)32-10-4-7-19(32)20(38-25)9-5-11-33-30-22(29-31-33)14-23(34)35/h3-4,6-8,10,12-13,20,25H,5,9,11,14H2,1-2H3,(H,34,35)/t20-,25-/m1/s1. The second kappa shape index (κ2) is 10.8. The number of para-hydroxylation sites is 1. The molecule has 2 atom stereocenters. The number of aliphatic carboxylic acids is 1. The maximum atomic E-state index is 15.5. The average Bonchev–Trinajstić information content (AvgIpc) is 3.52. The van der Waals surface area contributed by atoms with Crippen molar-refractivity contribution in [2.45, 2.75) is 38.0 Å². The number of carboxylic acids is 1. The molecular formula is C26H25ClFN5O5. The summed E-state index contributed by atoms with van der Waals surface area (Å²) >= 11 is 6.32. The van der Waals surface area contributed by atoms with Crippen molar-refractivity contribution in [3.05, 3.63) is 82.1 Å². The lowest BCUT2D eigenvalue weighted by Crippen LogP contribution is -2.13. The summed E-state index contributed by atoms with van der Waals surface area (Å²) in [5, 5.41) is 21.0. The molecule has 2 aromatic carbocycles. The molecule has 3 heterocycles. The van der Waals surface area contributed by atoms with Crippen molar-refractivity contribution < 1.29 is 28.5 Å². The van der Waals surface area contributed by atoms with E-state index in [9.17, 15) is 4.79 Å². The van der Waals surface area contributed by atoms with E-state index in [1.54, 1.807) is 37.1 Å². The van der Waals surface area contributed by atoms with Crippen molar-refractivity contribution in [3.8, 4) is 17.2 Å². The molecule has 0 fully saturated rings. The van der Waals surface area contributed by atoms with Crippen LogP contribution in [0.3, 0.4) is 0 Å². The minimum absolute atomic E-state index is 0.144. The topological polar surface area (TPSA) is 114 Å². The van der Waals surface area contributed by atoms with E-state index in [1.807, 2.05) is 24.3 Å². The molecule has 2 aromatic heterocycles. The number of halogens is 2. The van der Waals surface area contributed by atoms with Crippen molar-refractivity contribution in [1.82, 2.24) is 24.8 Å². The average molecular weight is 542 g/mol. The second-order valence-electron chi connectivity index (χ2n) is 8.73. The molecule has 0 saturated heterocycles. The minimum atomic E-state index is -1.02. The van der Waals surface area contributed by atoms with Crippen molar-refractivity contribution in [1.29, 1.82) is 0 Å². The number of rotatable bonds is 9. The molecular weight excluding hydrogens is 517 g/mol. The zero-order valence-corrected chi connectivity index (χ0v) is 21.4. The molecule has 0 bridgehead atoms. The third-order valence-corrected chi connectivity index (χ3v) is 6.55. The van der Waals surface area contributed by atoms with Gasteiger partial charge < -0.3 is 23.9 Å². The number of hydrogen-bond acceptors (Lipinski definition) is 7. The van der Waals surface area contributed by atoms with Crippen molar-refractivity contribution >= 4 is 17.6 Å². The smallest absolute Gasteiger partial charge is 0.311 e. The first-order valence-electron chi connectivity index (χ1n) is 11.9. The minimum Gasteiger partial charge on any atom is -0.493 e. The normalized spacial score (nSPS) is 16.4. The van der Waals surface area contributed by atoms with Gasteiger partial charge in [-0.05, 0) is 48.4 Å². The highest BCUT2D eigenvalue weighted by atomic mass is 35.5. The first kappa shape index (κ1) is 25.7. The Balaban J connectivity index is 1.51. The van der Waals surface area contributed by atoms with Crippen LogP contribution in [0.25, 0.3) is 5.69 Å². The van der Waals surface area contributed by atoms with Crippen LogP contribution < -0.4 is 9.47 Å². The van der Waals surface area contributed by atoms with Crippen molar-refractivity contribution in [2.75, 3.05) is 14.2 Å². The second-order valence-corrected chi connectivity index (χ2v) is 9.17. The monoisotopic (exact) mass is 541 g/mol. The zero-order valence-electron chi connectivity index (χ0n) is 20.7. The van der Waals surface area contributed by atoms with E-state index >= 15 is 4.39 Å². The molecule has 1 N–H and O–H groups in total. The summed E-state index contributed by atoms with van der Waals surface area (Å²) < 4.78 is 35.2. The van der Waals surface area contributed by atoms with Crippen LogP contribution in [0.5, 0.6) is 11.5 Å². The van der Waals surface area contributed by atoms with Gasteiger partial charge in [0.15, 0.2) is 17.3 Å². The summed E-state index contributed by atoms with van der Waals surface area (Å²) in [7, 11) is 3.09. The Labute approximate surface area is 222 Å². The highest BCUT2D eigenvalue weighted by molar-refractivity contribution is 6.30. The number of carbonyl (C=O) groups is 1. The van der Waals surface area contributed by atoms with Crippen molar-refractivity contribution in [2.24, 2.45) is 0 Å². The number of fused-ring (bicyclic) bond motifs is 3. The molecule has 198 valence electrons. The summed E-state index contributed by atoms with van der Waals surface area (Å²) in [6, 6.07) is 12.2. The molecule has 0 unspecified atom stereocenters. The number of tetrazole rings is 1. The van der Waals surface area contributed by atoms with E-state index in [0.29, 0.717) is 47.7 Å². The number of aryl methyl sites for hydroxylation is 1. The van der Waals surface area contributed by atoms with Gasteiger partial charge in [0.1, 0.15) is 18.3 Å². The molecule has 12 heteroatoms. The Bertz CT molecular complexity index is 1470. The molecule has 4 aromatic rings. The van der Waals surface area contributed by atoms with Gasteiger partial charge in [-0.25, -0.2) is 4.39 Å². The molecule has 5 rings (SSSR count). The van der Waals surface area contributed by atoms with E-state index in [0.717, 1.165) is 5.69 Å². The van der Waals surface area contributed by atoms with Crippen LogP contribution in [0.4, 0.5) is 4.39 Å². The number of nitrogens with zero attached hydrogens (tertiary/aromatic N) is 5. The zero-order chi connectivity index (χ0) is 26.8. The van der Waals surface area contributed by atoms with E-state index < -0.39 is 24.0 Å². The Hall–Kier alpha value is -3.96. The fourth-order valence-electron chi connectivity index (χ4n) is 4.78. The lowest BCUT2D eigenvalue weighted by Gasteiger charge is -2.25. The van der Waals surface area contributed by atoms with Gasteiger partial charge in [0, 0.05) is 22.3 Å². The van der Waals surface area contributed by atoms with Crippen LogP contribution in [0.1, 0.15) is 47.7 Å². The van der Waals surface area contributed by atoms with Crippen LogP contribution in [-0.2, 0) is 22.5 Å². The van der Waals surface area contributed by atoms with Gasteiger partial charge in [-0.1, -0.05) is 23.7 Å². The van der Waals surface area contributed by atoms with Gasteiger partial charge in [-0.15, -0.1) is 10.2 Å². The molecule has 0 aliphatic carbocycles. The Morgan fingerprint density at radius 1 is 1.18 bits per heavy atom. The summed E-state index contributed by atoms with van der Waals surface area (Å²) in [6.45, 7) is 0.396. The van der Waals surface area contributed by atoms with Gasteiger partial charge >= 0.3 is 5.97 Å². The van der Waals surface area contributed by atoms with Crippen LogP contribution in [0.15, 0.2) is 48.7 Å². The number of carboxylic acid groups (broad SMARTS) is 1. The Morgan fingerprint density at radius 3 is 2.79 bits per heavy atom. The Kier molecular flexibility index (Phi) is 7.30. The van der Waals surface area contributed by atoms with Gasteiger partial charge in [-0.3, -0.25) is 4.79 Å². The molecule has 0 amide bonds. The maximum Gasteiger partial charge on any atom is 0.311 e. The molecule has 1 aliphatic heterocycles. The first-order valence-corrected chi connectivity index (χ1v) is 12.3. The SMILES string of the molecule is COc1cccc([C@H]2O[C@H](CCCn3nnc(CC(=O)O)n3)c3cccn3-c3c(F)cc(Cl)cc32)c1OC. The molecule has 0 spiro atoms. The lowest BCUT2D eigenvalue weighted by atomic mass is 9.98. The number of benzene rings is 2. The predicted octanol–water partition coefficient (Wildman–Crippen LogP) is 4.54. The summed E-state index contributed by atoms with van der Waals surface area (Å²) in [6.07, 6.45) is 1.45. The molecule has 38 heavy (non-hydrogen) atoms. The highest BCUT2D eigenvalue weighted by Crippen LogP contribution is 2.47. The van der Waals surface area contributed by atoms with E-state index in [-0.39, 0.29) is 17.3 Å². The fourth-order valence-corrected chi connectivity index (χ4v) is 4.99. The van der Waals surface area contributed by atoms with E-state index in [1.165, 1.54) is 10.9 Å². The third-order valence-electron chi connectivity index (χ3n) is 6.34. The molecule has 10 nitrogen and oxygen atoms in total. The molecule has 1 aliphatic rings. The Morgan fingerprint density at radius 2 is 2.03 bits per heavy atom. The largest absolute Gasteiger partial charge is 0.493 e. The van der Waals surface area contributed by atoms with Crippen LogP contribution >= 0.6 is 11.6 Å². The maximum absolute atomic E-state index is 15.5. The quantitative estimate of drug-likeness (QED) is 0.328. The lowest BCUT2D eigenvalue weighted by molar-refractivity contribution is -0.136.